The van der Waals surface area contributed by atoms with Crippen LogP contribution in [0.15, 0.2) is 48.5 Å². The summed E-state index contributed by atoms with van der Waals surface area (Å²) in [6, 6.07) is 11.5. The van der Waals surface area contributed by atoms with Gasteiger partial charge in [-0.25, -0.2) is 8.78 Å². The second-order valence-electron chi connectivity index (χ2n) is 5.00. The summed E-state index contributed by atoms with van der Waals surface area (Å²) in [7, 11) is 0. The Morgan fingerprint density at radius 1 is 1.00 bits per heavy atom. The monoisotopic (exact) mass is 334 g/mol. The van der Waals surface area contributed by atoms with E-state index < -0.39 is 35.2 Å². The molecular formula is C17H16F2N2O3. The number of anilines is 1. The number of halogens is 2. The molecule has 0 spiro atoms. The number of amides is 2. The van der Waals surface area contributed by atoms with Gasteiger partial charge in [-0.2, -0.15) is 0 Å². The minimum atomic E-state index is -1.24. The number of aliphatic hydroxyl groups is 1. The number of carbonyl (C=O) groups is 2. The van der Waals surface area contributed by atoms with Crippen molar-refractivity contribution in [3.05, 3.63) is 65.7 Å². The number of hydrogen-bond donors (Lipinski definition) is 3. The molecule has 24 heavy (non-hydrogen) atoms. The van der Waals surface area contributed by atoms with E-state index in [2.05, 4.69) is 5.32 Å². The highest BCUT2D eigenvalue weighted by atomic mass is 19.2. The van der Waals surface area contributed by atoms with Gasteiger partial charge in [0.2, 0.25) is 0 Å². The first-order valence-corrected chi connectivity index (χ1v) is 7.24. The van der Waals surface area contributed by atoms with Crippen molar-refractivity contribution in [3.63, 3.8) is 0 Å². The Labute approximate surface area is 137 Å². The van der Waals surface area contributed by atoms with Gasteiger partial charge in [0.15, 0.2) is 11.6 Å². The smallest absolute Gasteiger partial charge is 0.313 e. The molecule has 0 fully saturated rings. The van der Waals surface area contributed by atoms with Crippen molar-refractivity contribution < 1.29 is 23.5 Å². The second kappa shape index (κ2) is 8.16. The maximum atomic E-state index is 13.5. The topological polar surface area (TPSA) is 78.4 Å². The van der Waals surface area contributed by atoms with Gasteiger partial charge in [0.25, 0.3) is 0 Å². The summed E-state index contributed by atoms with van der Waals surface area (Å²) < 4.78 is 26.6. The molecule has 1 unspecified atom stereocenters. The summed E-state index contributed by atoms with van der Waals surface area (Å²) in [6.45, 7) is -0.194. The van der Waals surface area contributed by atoms with E-state index in [0.29, 0.717) is 5.56 Å². The number of benzene rings is 2. The molecule has 2 aromatic carbocycles. The van der Waals surface area contributed by atoms with Crippen molar-refractivity contribution in [2.45, 2.75) is 12.5 Å². The minimum absolute atomic E-state index is 0.194. The fourth-order valence-corrected chi connectivity index (χ4v) is 2.14. The minimum Gasteiger partial charge on any atom is -0.396 e. The second-order valence-corrected chi connectivity index (χ2v) is 5.00. The summed E-state index contributed by atoms with van der Waals surface area (Å²) in [4.78, 5) is 23.9. The summed E-state index contributed by atoms with van der Waals surface area (Å²) in [5.41, 5.74) is 0.290. The van der Waals surface area contributed by atoms with E-state index in [4.69, 9.17) is 5.11 Å². The van der Waals surface area contributed by atoms with Gasteiger partial charge in [-0.3, -0.25) is 9.59 Å². The third-order valence-electron chi connectivity index (χ3n) is 3.33. The average Bonchev–Trinajstić information content (AvgIpc) is 2.59. The van der Waals surface area contributed by atoms with Crippen molar-refractivity contribution >= 4 is 17.5 Å². The molecule has 2 amide bonds. The predicted molar refractivity (Wildman–Crippen MR) is 84.0 cm³/mol. The lowest BCUT2D eigenvalue weighted by atomic mass is 10.0. The molecule has 1 atom stereocenters. The number of nitrogens with one attached hydrogen (secondary N) is 2. The van der Waals surface area contributed by atoms with Crippen LogP contribution in [0.1, 0.15) is 18.0 Å². The highest BCUT2D eigenvalue weighted by Crippen LogP contribution is 2.18. The molecule has 3 N–H and O–H groups in total. The maximum absolute atomic E-state index is 13.5. The zero-order chi connectivity index (χ0) is 17.5. The Morgan fingerprint density at radius 2 is 1.71 bits per heavy atom. The lowest BCUT2D eigenvalue weighted by Crippen LogP contribution is -2.38. The van der Waals surface area contributed by atoms with E-state index in [1.54, 1.807) is 30.3 Å². The Balaban J connectivity index is 2.06. The molecule has 7 heteroatoms. The standard InChI is InChI=1S/C17H16F2N2O3/c18-12-7-4-8-14(15(12)19)21-17(24)16(23)20-13(9-10-22)11-5-2-1-3-6-11/h1-8,13,22H,9-10H2,(H,20,23)(H,21,24). The molecule has 0 saturated heterocycles. The van der Waals surface area contributed by atoms with Gasteiger partial charge >= 0.3 is 11.8 Å². The molecule has 2 aromatic rings. The van der Waals surface area contributed by atoms with Crippen LogP contribution < -0.4 is 10.6 Å². The van der Waals surface area contributed by atoms with Crippen molar-refractivity contribution in [1.82, 2.24) is 5.32 Å². The number of aliphatic hydroxyl groups excluding tert-OH is 1. The van der Waals surface area contributed by atoms with Crippen LogP contribution >= 0.6 is 0 Å². The largest absolute Gasteiger partial charge is 0.396 e. The molecule has 5 nitrogen and oxygen atoms in total. The fraction of sp³-hybridized carbons (Fsp3) is 0.176. The van der Waals surface area contributed by atoms with E-state index in [9.17, 15) is 18.4 Å². The van der Waals surface area contributed by atoms with E-state index >= 15 is 0 Å². The number of hydrogen-bond acceptors (Lipinski definition) is 3. The van der Waals surface area contributed by atoms with Gasteiger partial charge in [-0.05, 0) is 24.1 Å². The third kappa shape index (κ3) is 4.36. The van der Waals surface area contributed by atoms with Crippen molar-refractivity contribution in [1.29, 1.82) is 0 Å². The summed E-state index contributed by atoms with van der Waals surface area (Å²) in [5, 5.41) is 13.6. The zero-order valence-electron chi connectivity index (χ0n) is 12.6. The third-order valence-corrected chi connectivity index (χ3v) is 3.33. The zero-order valence-corrected chi connectivity index (χ0v) is 12.6. The first-order chi connectivity index (χ1) is 11.5. The molecule has 0 aliphatic heterocycles. The molecule has 0 radical (unpaired) electrons. The predicted octanol–water partition coefficient (Wildman–Crippen LogP) is 2.14. The van der Waals surface area contributed by atoms with Gasteiger partial charge in [-0.1, -0.05) is 36.4 Å². The van der Waals surface area contributed by atoms with Gasteiger partial charge in [0.05, 0.1) is 11.7 Å². The Hall–Kier alpha value is -2.80. The highest BCUT2D eigenvalue weighted by molar-refractivity contribution is 6.39. The van der Waals surface area contributed by atoms with Crippen LogP contribution in [0.4, 0.5) is 14.5 Å². The fourth-order valence-electron chi connectivity index (χ4n) is 2.14. The molecule has 0 saturated carbocycles. The molecule has 0 aliphatic rings. The summed E-state index contributed by atoms with van der Waals surface area (Å²) >= 11 is 0. The Morgan fingerprint density at radius 3 is 2.38 bits per heavy atom. The molecule has 2 rings (SSSR count). The highest BCUT2D eigenvalue weighted by Gasteiger charge is 2.21. The van der Waals surface area contributed by atoms with Crippen LogP contribution in [0.5, 0.6) is 0 Å². The quantitative estimate of drug-likeness (QED) is 0.733. The van der Waals surface area contributed by atoms with Gasteiger partial charge < -0.3 is 15.7 Å². The lowest BCUT2D eigenvalue weighted by molar-refractivity contribution is -0.136. The van der Waals surface area contributed by atoms with E-state index in [0.717, 1.165) is 12.1 Å². The first-order valence-electron chi connectivity index (χ1n) is 7.24. The Bertz CT molecular complexity index is 723. The van der Waals surface area contributed by atoms with Crippen molar-refractivity contribution in [2.24, 2.45) is 0 Å². The van der Waals surface area contributed by atoms with Crippen LogP contribution in [0.3, 0.4) is 0 Å². The van der Waals surface area contributed by atoms with Crippen LogP contribution in [-0.2, 0) is 9.59 Å². The van der Waals surface area contributed by atoms with Gasteiger partial charge in [0.1, 0.15) is 0 Å². The molecule has 0 bridgehead atoms. The molecule has 0 aliphatic carbocycles. The van der Waals surface area contributed by atoms with E-state index in [1.165, 1.54) is 6.07 Å². The van der Waals surface area contributed by atoms with Gasteiger partial charge in [-0.15, -0.1) is 0 Å². The lowest BCUT2D eigenvalue weighted by Gasteiger charge is -2.18. The summed E-state index contributed by atoms with van der Waals surface area (Å²) in [6.07, 6.45) is 0.206. The normalized spacial score (nSPS) is 11.6. The molecular weight excluding hydrogens is 318 g/mol. The van der Waals surface area contributed by atoms with E-state index in [1.807, 2.05) is 5.32 Å². The first kappa shape index (κ1) is 17.6. The van der Waals surface area contributed by atoms with Crippen molar-refractivity contribution in [2.75, 3.05) is 11.9 Å². The Kier molecular flexibility index (Phi) is 5.97. The molecule has 126 valence electrons. The summed E-state index contributed by atoms with van der Waals surface area (Å²) in [5.74, 6) is -4.51. The number of rotatable bonds is 5. The van der Waals surface area contributed by atoms with Crippen LogP contribution in [0.25, 0.3) is 0 Å². The van der Waals surface area contributed by atoms with Crippen LogP contribution in [0.2, 0.25) is 0 Å². The molecule has 0 aromatic heterocycles. The van der Waals surface area contributed by atoms with Crippen LogP contribution in [0, 0.1) is 11.6 Å². The van der Waals surface area contributed by atoms with Crippen LogP contribution in [-0.4, -0.2) is 23.5 Å². The van der Waals surface area contributed by atoms with E-state index in [-0.39, 0.29) is 13.0 Å². The maximum Gasteiger partial charge on any atom is 0.313 e. The van der Waals surface area contributed by atoms with Crippen molar-refractivity contribution in [3.8, 4) is 0 Å². The SMILES string of the molecule is O=C(Nc1cccc(F)c1F)C(=O)NC(CCO)c1ccccc1. The average molecular weight is 334 g/mol. The molecule has 0 heterocycles. The number of carbonyl (C=O) groups excluding carboxylic acids is 2. The van der Waals surface area contributed by atoms with Gasteiger partial charge in [0, 0.05) is 6.61 Å².